The van der Waals surface area contributed by atoms with Crippen LogP contribution in [0, 0.1) is 5.92 Å². The van der Waals surface area contributed by atoms with Crippen molar-refractivity contribution < 1.29 is 45.9 Å². The maximum Gasteiger partial charge on any atom is 0.408 e. The Morgan fingerprint density at radius 2 is 1.84 bits per heavy atom. The molecule has 5 atom stereocenters. The first-order chi connectivity index (χ1) is 26.4. The zero-order valence-electron chi connectivity index (χ0n) is 32.0. The molecule has 5 unspecified atom stereocenters. The van der Waals surface area contributed by atoms with Crippen LogP contribution in [-0.2, 0) is 35.6 Å². The van der Waals surface area contributed by atoms with Crippen molar-refractivity contribution in [1.29, 1.82) is 0 Å². The molecule has 13 nitrogen and oxygen atoms in total. The molecule has 3 N–H and O–H groups in total. The van der Waals surface area contributed by atoms with Gasteiger partial charge in [-0.2, -0.15) is 0 Å². The molecule has 1 aromatic carbocycles. The number of rotatable bonds is 5. The van der Waals surface area contributed by atoms with Crippen LogP contribution in [-0.4, -0.2) is 82.2 Å². The quantitative estimate of drug-likeness (QED) is 0.340. The number of pyridine rings is 1. The number of alkyl carbamates (subject to hydrolysis) is 1. The zero-order valence-corrected chi connectivity index (χ0v) is 32.8. The van der Waals surface area contributed by atoms with Crippen molar-refractivity contribution in [3.05, 3.63) is 59.8 Å². The highest BCUT2D eigenvalue weighted by atomic mass is 32.2. The number of para-hydroxylation sites is 1. The third kappa shape index (κ3) is 7.48. The molecule has 4 heterocycles. The van der Waals surface area contributed by atoms with Crippen molar-refractivity contribution >= 4 is 44.7 Å². The minimum absolute atomic E-state index is 0.0919. The fourth-order valence-electron chi connectivity index (χ4n) is 8.11. The lowest BCUT2D eigenvalue weighted by Gasteiger charge is -2.42. The first kappa shape index (κ1) is 39.6. The summed E-state index contributed by atoms with van der Waals surface area (Å²) in [7, 11) is -4.09. The number of fused-ring (bicyclic) bond motifs is 5. The zero-order chi connectivity index (χ0) is 40.3. The van der Waals surface area contributed by atoms with Gasteiger partial charge in [-0.15, -0.1) is 0 Å². The molecule has 16 heteroatoms. The third-order valence-electron chi connectivity index (χ3n) is 11.6. The first-order valence-corrected chi connectivity index (χ1v) is 20.8. The van der Waals surface area contributed by atoms with E-state index in [1.54, 1.807) is 64.1 Å². The molecule has 1 saturated heterocycles. The van der Waals surface area contributed by atoms with E-state index < -0.39 is 85.4 Å². The molecule has 1 saturated carbocycles. The van der Waals surface area contributed by atoms with Gasteiger partial charge >= 0.3 is 6.09 Å². The van der Waals surface area contributed by atoms with Gasteiger partial charge in [0.1, 0.15) is 34.5 Å². The number of allylic oxidation sites excluding steroid dienone is 1. The van der Waals surface area contributed by atoms with Crippen LogP contribution in [0.1, 0.15) is 103 Å². The predicted octanol–water partition coefficient (Wildman–Crippen LogP) is 5.29. The Hall–Kier alpha value is -4.60. The van der Waals surface area contributed by atoms with E-state index >= 15 is 0 Å². The summed E-state index contributed by atoms with van der Waals surface area (Å²) in [6.07, 6.45) is 6.94. The summed E-state index contributed by atoms with van der Waals surface area (Å²) in [5, 5.41) is 6.18. The van der Waals surface area contributed by atoms with E-state index in [9.17, 15) is 36.4 Å². The number of carbonyl (C=O) groups excluding carboxylic acids is 4. The Morgan fingerprint density at radius 1 is 1.09 bits per heavy atom. The minimum atomic E-state index is -4.09. The van der Waals surface area contributed by atoms with Gasteiger partial charge in [-0.3, -0.25) is 19.1 Å². The van der Waals surface area contributed by atoms with Crippen LogP contribution in [0.2, 0.25) is 0 Å². The molecule has 1 aromatic heterocycles. The number of aromatic nitrogens is 1. The number of alkyl halides is 2. The van der Waals surface area contributed by atoms with Crippen LogP contribution in [0.5, 0.6) is 5.75 Å². The van der Waals surface area contributed by atoms with Crippen molar-refractivity contribution in [2.24, 2.45) is 5.92 Å². The average molecular weight is 798 g/mol. The second-order valence-electron chi connectivity index (χ2n) is 17.0. The number of nitrogens with zero attached hydrogens (tertiary/aromatic N) is 2. The molecule has 0 bridgehead atoms. The summed E-state index contributed by atoms with van der Waals surface area (Å²) in [4.78, 5) is 62.1. The van der Waals surface area contributed by atoms with E-state index in [1.807, 2.05) is 6.08 Å². The van der Waals surface area contributed by atoms with Crippen LogP contribution in [0.25, 0.3) is 10.9 Å². The first-order valence-electron chi connectivity index (χ1n) is 19.3. The van der Waals surface area contributed by atoms with E-state index in [-0.39, 0.29) is 38.0 Å². The Kier molecular flexibility index (Phi) is 10.2. The van der Waals surface area contributed by atoms with Gasteiger partial charge in [0.15, 0.2) is 5.75 Å². The number of sulfonamides is 1. The highest BCUT2D eigenvalue weighted by Gasteiger charge is 2.58. The third-order valence-corrected chi connectivity index (χ3v) is 13.8. The lowest BCUT2D eigenvalue weighted by Crippen LogP contribution is -2.67. The second-order valence-corrected chi connectivity index (χ2v) is 19.2. The number of halogens is 2. The van der Waals surface area contributed by atoms with Crippen molar-refractivity contribution in [2.45, 2.75) is 132 Å². The fraction of sp³-hybridized carbons (Fsp3) is 0.575. The average Bonchev–Trinajstić information content (AvgIpc) is 3.78. The molecule has 7 rings (SSSR count). The summed E-state index contributed by atoms with van der Waals surface area (Å²) in [6.45, 7) is 6.43. The molecule has 2 fully saturated rings. The highest BCUT2D eigenvalue weighted by Crippen LogP contribution is 2.47. The van der Waals surface area contributed by atoms with Crippen LogP contribution in [0.3, 0.4) is 0 Å². The molecule has 0 radical (unpaired) electrons. The predicted molar refractivity (Wildman–Crippen MR) is 202 cm³/mol. The molecule has 302 valence electrons. The number of aryl methyl sites for hydroxylation is 1. The fourth-order valence-corrected chi connectivity index (χ4v) is 9.41. The largest absolute Gasteiger partial charge is 0.483 e. The van der Waals surface area contributed by atoms with E-state index in [1.165, 1.54) is 11.0 Å². The van der Waals surface area contributed by atoms with Gasteiger partial charge in [0.2, 0.25) is 21.8 Å². The summed E-state index contributed by atoms with van der Waals surface area (Å²) < 4.78 is 68.9. The molecule has 4 amide bonds. The van der Waals surface area contributed by atoms with Gasteiger partial charge in [0, 0.05) is 23.3 Å². The van der Waals surface area contributed by atoms with E-state index in [0.717, 1.165) is 6.42 Å². The Bertz CT molecular complexity index is 2120. The Balaban J connectivity index is 1.27. The molecule has 56 heavy (non-hydrogen) atoms. The molecular weight excluding hydrogens is 749 g/mol. The molecule has 2 aromatic rings. The lowest BCUT2D eigenvalue weighted by molar-refractivity contribution is -0.142. The Morgan fingerprint density at radius 3 is 2.52 bits per heavy atom. The molecule has 5 aliphatic rings. The maximum absolute atomic E-state index is 14.7. The Labute approximate surface area is 325 Å². The van der Waals surface area contributed by atoms with Gasteiger partial charge in [0.25, 0.3) is 12.3 Å². The van der Waals surface area contributed by atoms with Crippen molar-refractivity contribution in [3.8, 4) is 5.75 Å². The molecular formula is C40H49F2N5O8S. The summed E-state index contributed by atoms with van der Waals surface area (Å²) in [5.41, 5.74) is -3.60. The number of hydrogen-bond donors (Lipinski definition) is 3. The summed E-state index contributed by atoms with van der Waals surface area (Å²) in [6, 6.07) is 4.50. The van der Waals surface area contributed by atoms with Gasteiger partial charge in [-0.05, 0) is 78.7 Å². The number of hydrogen-bond acceptors (Lipinski definition) is 9. The van der Waals surface area contributed by atoms with Crippen molar-refractivity contribution in [1.82, 2.24) is 25.2 Å². The number of benzene rings is 1. The van der Waals surface area contributed by atoms with Crippen LogP contribution in [0.4, 0.5) is 13.6 Å². The van der Waals surface area contributed by atoms with Crippen LogP contribution in [0.15, 0.2) is 48.6 Å². The van der Waals surface area contributed by atoms with E-state index in [4.69, 9.17) is 9.47 Å². The number of carbonyl (C=O) groups is 4. The van der Waals surface area contributed by atoms with E-state index in [0.29, 0.717) is 48.6 Å². The smallest absolute Gasteiger partial charge is 0.408 e. The van der Waals surface area contributed by atoms with Crippen LogP contribution >= 0.6 is 0 Å². The number of nitrogens with one attached hydrogen (secondary N) is 3. The molecule has 1 spiro atoms. The molecule has 3 aliphatic heterocycles. The van der Waals surface area contributed by atoms with Gasteiger partial charge in [-0.1, -0.05) is 55.3 Å². The van der Waals surface area contributed by atoms with Gasteiger partial charge in [-0.25, -0.2) is 27.0 Å². The standard InChI is InChI=1S/C40H49F2N5O8S/c1-37(2,3)55-36(51)44-28-15-9-7-5-6-8-12-24-16-19-40(24,35(50)46-56(52,53)38(4)20-21-38)45-33(48)29-22-39(23-47(29)34(28)49)18-17-26-25-13-10-11-14-27(25)43-30(32(41)42)31(26)54-39/h8,10-14,16,19,24,28-29,32H,5-7,9,15,17-18,20-23H2,1-4H3,(H,44,51)(H,45,48)(H,46,50). The number of amides is 4. The monoisotopic (exact) mass is 797 g/mol. The lowest BCUT2D eigenvalue weighted by atomic mass is 9.73. The molecule has 2 aliphatic carbocycles. The highest BCUT2D eigenvalue weighted by molar-refractivity contribution is 7.91. The number of ether oxygens (including phenoxy) is 2. The SMILES string of the molecule is CC(C)(C)OC(=O)NC1CCCCCC=CC2C=CC2(C(=O)NS(=O)(=O)C2(C)CC2)NC(=O)C2CC3(CCc4c(c(C(F)F)nc5ccccc45)O3)CN2C1=O. The topological polar surface area (TPSA) is 173 Å². The minimum Gasteiger partial charge on any atom is -0.483 e. The summed E-state index contributed by atoms with van der Waals surface area (Å²) in [5.74, 6) is -3.10. The van der Waals surface area contributed by atoms with Crippen LogP contribution < -0.4 is 20.1 Å². The maximum atomic E-state index is 14.7. The van der Waals surface area contributed by atoms with E-state index in [2.05, 4.69) is 20.3 Å². The van der Waals surface area contributed by atoms with Gasteiger partial charge < -0.3 is 25.0 Å². The normalized spacial score (nSPS) is 28.8. The van der Waals surface area contributed by atoms with Gasteiger partial charge in [0.05, 0.1) is 16.8 Å². The van der Waals surface area contributed by atoms with Crippen molar-refractivity contribution in [2.75, 3.05) is 6.54 Å². The second kappa shape index (κ2) is 14.4. The van der Waals surface area contributed by atoms with Crippen molar-refractivity contribution in [3.63, 3.8) is 0 Å². The summed E-state index contributed by atoms with van der Waals surface area (Å²) >= 11 is 0.